The SMILES string of the molecule is CCNC(=O)CCNC(=O)c1cccc(F)c1F. The summed E-state index contributed by atoms with van der Waals surface area (Å²) in [7, 11) is 0. The molecule has 0 heterocycles. The van der Waals surface area contributed by atoms with Crippen molar-refractivity contribution in [3.8, 4) is 0 Å². The topological polar surface area (TPSA) is 58.2 Å². The Labute approximate surface area is 103 Å². The van der Waals surface area contributed by atoms with E-state index in [9.17, 15) is 18.4 Å². The Morgan fingerprint density at radius 2 is 1.94 bits per heavy atom. The standard InChI is InChI=1S/C12H14F2N2O2/c1-2-15-10(17)6-7-16-12(18)8-4-3-5-9(13)11(8)14/h3-5H,2,6-7H2,1H3,(H,15,17)(H,16,18). The van der Waals surface area contributed by atoms with Gasteiger partial charge in [-0.05, 0) is 19.1 Å². The van der Waals surface area contributed by atoms with Gasteiger partial charge in [-0.3, -0.25) is 9.59 Å². The van der Waals surface area contributed by atoms with Gasteiger partial charge in [-0.2, -0.15) is 0 Å². The first-order valence-corrected chi connectivity index (χ1v) is 5.55. The summed E-state index contributed by atoms with van der Waals surface area (Å²) in [6.07, 6.45) is 0.0938. The summed E-state index contributed by atoms with van der Waals surface area (Å²) in [6.45, 7) is 2.35. The van der Waals surface area contributed by atoms with Gasteiger partial charge in [-0.25, -0.2) is 8.78 Å². The maximum atomic E-state index is 13.2. The molecule has 4 nitrogen and oxygen atoms in total. The minimum atomic E-state index is -1.19. The molecule has 18 heavy (non-hydrogen) atoms. The second-order valence-corrected chi connectivity index (χ2v) is 3.56. The highest BCUT2D eigenvalue weighted by Gasteiger charge is 2.14. The zero-order valence-corrected chi connectivity index (χ0v) is 9.93. The largest absolute Gasteiger partial charge is 0.356 e. The molecule has 0 aliphatic rings. The normalized spacial score (nSPS) is 9.94. The lowest BCUT2D eigenvalue weighted by molar-refractivity contribution is -0.120. The molecule has 0 bridgehead atoms. The molecule has 1 aromatic carbocycles. The Balaban J connectivity index is 2.51. The molecule has 6 heteroatoms. The Bertz CT molecular complexity index is 450. The molecule has 0 aromatic heterocycles. The third-order valence-electron chi connectivity index (χ3n) is 2.21. The average Bonchev–Trinajstić information content (AvgIpc) is 2.33. The first-order valence-electron chi connectivity index (χ1n) is 5.55. The van der Waals surface area contributed by atoms with E-state index < -0.39 is 17.5 Å². The predicted octanol–water partition coefficient (Wildman–Crippen LogP) is 1.22. The highest BCUT2D eigenvalue weighted by Crippen LogP contribution is 2.10. The Kier molecular flexibility index (Phi) is 5.23. The fraction of sp³-hybridized carbons (Fsp3) is 0.333. The maximum absolute atomic E-state index is 13.2. The monoisotopic (exact) mass is 256 g/mol. The number of hydrogen-bond acceptors (Lipinski definition) is 2. The molecule has 2 amide bonds. The van der Waals surface area contributed by atoms with E-state index in [-0.39, 0.29) is 24.4 Å². The molecule has 0 aliphatic heterocycles. The molecular weight excluding hydrogens is 242 g/mol. The van der Waals surface area contributed by atoms with Gasteiger partial charge in [-0.1, -0.05) is 6.07 Å². The van der Waals surface area contributed by atoms with Crippen molar-refractivity contribution in [3.63, 3.8) is 0 Å². The Morgan fingerprint density at radius 3 is 2.61 bits per heavy atom. The zero-order chi connectivity index (χ0) is 13.5. The van der Waals surface area contributed by atoms with Crippen LogP contribution < -0.4 is 10.6 Å². The fourth-order valence-corrected chi connectivity index (χ4v) is 1.35. The molecular formula is C12H14F2N2O2. The quantitative estimate of drug-likeness (QED) is 0.832. The fourth-order valence-electron chi connectivity index (χ4n) is 1.35. The van der Waals surface area contributed by atoms with Crippen LogP contribution in [0, 0.1) is 11.6 Å². The van der Waals surface area contributed by atoms with Gasteiger partial charge in [-0.15, -0.1) is 0 Å². The summed E-state index contributed by atoms with van der Waals surface area (Å²) in [5, 5.41) is 4.91. The lowest BCUT2D eigenvalue weighted by Crippen LogP contribution is -2.31. The maximum Gasteiger partial charge on any atom is 0.254 e. The summed E-state index contributed by atoms with van der Waals surface area (Å²) >= 11 is 0. The van der Waals surface area contributed by atoms with E-state index in [0.717, 1.165) is 6.07 Å². The van der Waals surface area contributed by atoms with Gasteiger partial charge in [0.1, 0.15) is 0 Å². The third kappa shape index (κ3) is 3.80. The Hall–Kier alpha value is -1.98. The van der Waals surface area contributed by atoms with Gasteiger partial charge in [0.15, 0.2) is 11.6 Å². The molecule has 2 N–H and O–H groups in total. The molecule has 0 radical (unpaired) electrons. The van der Waals surface area contributed by atoms with Crippen molar-refractivity contribution in [1.29, 1.82) is 0 Å². The van der Waals surface area contributed by atoms with Crippen molar-refractivity contribution < 1.29 is 18.4 Å². The van der Waals surface area contributed by atoms with Gasteiger partial charge in [0.05, 0.1) is 5.56 Å². The average molecular weight is 256 g/mol. The van der Waals surface area contributed by atoms with Crippen molar-refractivity contribution in [3.05, 3.63) is 35.4 Å². The van der Waals surface area contributed by atoms with E-state index >= 15 is 0 Å². The number of hydrogen-bond donors (Lipinski definition) is 2. The molecule has 1 aromatic rings. The van der Waals surface area contributed by atoms with Gasteiger partial charge < -0.3 is 10.6 Å². The number of amides is 2. The van der Waals surface area contributed by atoms with Crippen LogP contribution in [0.4, 0.5) is 8.78 Å². The lowest BCUT2D eigenvalue weighted by Gasteiger charge is -2.06. The number of carbonyl (C=O) groups excluding carboxylic acids is 2. The van der Waals surface area contributed by atoms with Crippen LogP contribution in [0.1, 0.15) is 23.7 Å². The highest BCUT2D eigenvalue weighted by atomic mass is 19.2. The second-order valence-electron chi connectivity index (χ2n) is 3.56. The molecule has 0 fully saturated rings. The van der Waals surface area contributed by atoms with Crippen LogP contribution in [0.15, 0.2) is 18.2 Å². The van der Waals surface area contributed by atoms with Crippen LogP contribution in [0.5, 0.6) is 0 Å². The third-order valence-corrected chi connectivity index (χ3v) is 2.21. The van der Waals surface area contributed by atoms with Crippen LogP contribution in [-0.4, -0.2) is 24.9 Å². The van der Waals surface area contributed by atoms with Crippen molar-refractivity contribution in [1.82, 2.24) is 10.6 Å². The van der Waals surface area contributed by atoms with Crippen molar-refractivity contribution >= 4 is 11.8 Å². The zero-order valence-electron chi connectivity index (χ0n) is 9.93. The first kappa shape index (κ1) is 14.1. The molecule has 0 saturated heterocycles. The van der Waals surface area contributed by atoms with Gasteiger partial charge in [0.2, 0.25) is 5.91 Å². The molecule has 0 atom stereocenters. The molecule has 0 unspecified atom stereocenters. The number of nitrogens with one attached hydrogen (secondary N) is 2. The number of carbonyl (C=O) groups is 2. The van der Waals surface area contributed by atoms with E-state index in [0.29, 0.717) is 6.54 Å². The molecule has 0 spiro atoms. The van der Waals surface area contributed by atoms with E-state index in [1.54, 1.807) is 6.92 Å². The molecule has 1 rings (SSSR count). The lowest BCUT2D eigenvalue weighted by atomic mass is 10.2. The van der Waals surface area contributed by atoms with E-state index in [1.807, 2.05) is 0 Å². The van der Waals surface area contributed by atoms with Gasteiger partial charge in [0, 0.05) is 19.5 Å². The van der Waals surface area contributed by atoms with Crippen LogP contribution in [0.2, 0.25) is 0 Å². The minimum Gasteiger partial charge on any atom is -0.356 e. The summed E-state index contributed by atoms with van der Waals surface area (Å²) in [5.74, 6) is -3.21. The number of rotatable bonds is 5. The second kappa shape index (κ2) is 6.68. The molecule has 98 valence electrons. The highest BCUT2D eigenvalue weighted by molar-refractivity contribution is 5.94. The van der Waals surface area contributed by atoms with Gasteiger partial charge >= 0.3 is 0 Å². The minimum absolute atomic E-state index is 0.0701. The van der Waals surface area contributed by atoms with E-state index in [4.69, 9.17) is 0 Å². The van der Waals surface area contributed by atoms with Crippen LogP contribution in [0.25, 0.3) is 0 Å². The van der Waals surface area contributed by atoms with Gasteiger partial charge in [0.25, 0.3) is 5.91 Å². The van der Waals surface area contributed by atoms with Crippen LogP contribution in [0.3, 0.4) is 0 Å². The summed E-state index contributed by atoms with van der Waals surface area (Å²) in [5.41, 5.74) is -0.370. The van der Waals surface area contributed by atoms with Crippen LogP contribution in [-0.2, 0) is 4.79 Å². The van der Waals surface area contributed by atoms with Crippen molar-refractivity contribution in [2.75, 3.05) is 13.1 Å². The van der Waals surface area contributed by atoms with Crippen molar-refractivity contribution in [2.45, 2.75) is 13.3 Å². The van der Waals surface area contributed by atoms with E-state index in [1.165, 1.54) is 12.1 Å². The smallest absolute Gasteiger partial charge is 0.254 e. The first-order chi connectivity index (χ1) is 8.56. The summed E-state index contributed by atoms with van der Waals surface area (Å²) in [6, 6.07) is 3.36. The number of benzene rings is 1. The number of halogens is 2. The summed E-state index contributed by atoms with van der Waals surface area (Å²) < 4.78 is 26.1. The predicted molar refractivity (Wildman–Crippen MR) is 62.0 cm³/mol. The van der Waals surface area contributed by atoms with Crippen LogP contribution >= 0.6 is 0 Å². The molecule has 0 aliphatic carbocycles. The van der Waals surface area contributed by atoms with Crippen molar-refractivity contribution in [2.24, 2.45) is 0 Å². The molecule has 0 saturated carbocycles. The summed E-state index contributed by atoms with van der Waals surface area (Å²) in [4.78, 5) is 22.6. The Morgan fingerprint density at radius 1 is 1.22 bits per heavy atom. The van der Waals surface area contributed by atoms with E-state index in [2.05, 4.69) is 10.6 Å².